The van der Waals surface area contributed by atoms with Crippen molar-refractivity contribution in [2.45, 2.75) is 0 Å². The summed E-state index contributed by atoms with van der Waals surface area (Å²) in [6.07, 6.45) is 3.84. The van der Waals surface area contributed by atoms with E-state index in [1.165, 1.54) is 0 Å². The van der Waals surface area contributed by atoms with Crippen LogP contribution in [0.15, 0.2) is 24.3 Å². The van der Waals surface area contributed by atoms with E-state index in [1.54, 1.807) is 0 Å². The first-order valence-corrected chi connectivity index (χ1v) is 4.56. The van der Waals surface area contributed by atoms with Gasteiger partial charge >= 0.3 is 0 Å². The SMILES string of the molecule is ClC/C=C/c1ccc2c(c1)OCO2. The lowest BCUT2D eigenvalue weighted by Gasteiger charge is -1.96. The predicted molar refractivity (Wildman–Crippen MR) is 52.3 cm³/mol. The summed E-state index contributed by atoms with van der Waals surface area (Å²) in [7, 11) is 0. The molecule has 0 spiro atoms. The van der Waals surface area contributed by atoms with E-state index in [0.29, 0.717) is 12.7 Å². The van der Waals surface area contributed by atoms with E-state index in [2.05, 4.69) is 0 Å². The summed E-state index contributed by atoms with van der Waals surface area (Å²) in [5, 5.41) is 0. The highest BCUT2D eigenvalue weighted by atomic mass is 35.5. The summed E-state index contributed by atoms with van der Waals surface area (Å²) < 4.78 is 10.4. The van der Waals surface area contributed by atoms with Gasteiger partial charge in [-0.3, -0.25) is 0 Å². The number of hydrogen-bond acceptors (Lipinski definition) is 2. The molecular weight excluding hydrogens is 188 g/mol. The number of ether oxygens (including phenoxy) is 2. The third kappa shape index (κ3) is 1.78. The average Bonchev–Trinajstić information content (AvgIpc) is 2.61. The van der Waals surface area contributed by atoms with E-state index in [0.717, 1.165) is 17.1 Å². The first kappa shape index (κ1) is 8.45. The summed E-state index contributed by atoms with van der Waals surface area (Å²) in [5.74, 6) is 2.13. The molecule has 1 aromatic rings. The molecule has 0 radical (unpaired) electrons. The van der Waals surface area contributed by atoms with Crippen LogP contribution < -0.4 is 9.47 Å². The molecule has 0 aliphatic carbocycles. The minimum Gasteiger partial charge on any atom is -0.454 e. The molecule has 0 N–H and O–H groups in total. The highest BCUT2D eigenvalue weighted by Crippen LogP contribution is 2.32. The molecule has 0 saturated heterocycles. The van der Waals surface area contributed by atoms with E-state index in [9.17, 15) is 0 Å². The molecule has 3 heteroatoms. The first-order chi connectivity index (χ1) is 6.40. The summed E-state index contributed by atoms with van der Waals surface area (Å²) in [6.45, 7) is 0.317. The maximum atomic E-state index is 5.53. The minimum atomic E-state index is 0.317. The fourth-order valence-electron chi connectivity index (χ4n) is 1.20. The second-order valence-electron chi connectivity index (χ2n) is 2.67. The molecule has 0 bridgehead atoms. The molecule has 13 heavy (non-hydrogen) atoms. The van der Waals surface area contributed by atoms with Gasteiger partial charge in [-0.05, 0) is 17.7 Å². The molecule has 0 amide bonds. The van der Waals surface area contributed by atoms with Crippen molar-refractivity contribution in [3.63, 3.8) is 0 Å². The lowest BCUT2D eigenvalue weighted by Crippen LogP contribution is -1.92. The van der Waals surface area contributed by atoms with Crippen molar-refractivity contribution < 1.29 is 9.47 Å². The van der Waals surface area contributed by atoms with E-state index in [4.69, 9.17) is 21.1 Å². The van der Waals surface area contributed by atoms with E-state index in [-0.39, 0.29) is 0 Å². The Hall–Kier alpha value is -1.15. The van der Waals surface area contributed by atoms with Gasteiger partial charge in [0.15, 0.2) is 11.5 Å². The monoisotopic (exact) mass is 196 g/mol. The van der Waals surface area contributed by atoms with Crippen molar-refractivity contribution in [3.8, 4) is 11.5 Å². The molecule has 1 aromatic carbocycles. The fourth-order valence-corrected chi connectivity index (χ4v) is 1.29. The lowest BCUT2D eigenvalue weighted by molar-refractivity contribution is 0.174. The molecular formula is C10H9ClO2. The molecule has 1 aliphatic rings. The van der Waals surface area contributed by atoms with Crippen molar-refractivity contribution >= 4 is 17.7 Å². The predicted octanol–water partition coefficient (Wildman–Crippen LogP) is 2.67. The van der Waals surface area contributed by atoms with Crippen molar-refractivity contribution in [2.24, 2.45) is 0 Å². The second-order valence-corrected chi connectivity index (χ2v) is 2.98. The van der Waals surface area contributed by atoms with Crippen LogP contribution in [0, 0.1) is 0 Å². The van der Waals surface area contributed by atoms with Gasteiger partial charge in [0.25, 0.3) is 0 Å². The average molecular weight is 197 g/mol. The van der Waals surface area contributed by atoms with Crippen LogP contribution in [0.2, 0.25) is 0 Å². The fraction of sp³-hybridized carbons (Fsp3) is 0.200. The Morgan fingerprint density at radius 3 is 3.00 bits per heavy atom. The number of halogens is 1. The molecule has 0 fully saturated rings. The van der Waals surface area contributed by atoms with Gasteiger partial charge in [0.1, 0.15) is 0 Å². The molecule has 2 nitrogen and oxygen atoms in total. The quantitative estimate of drug-likeness (QED) is 0.678. The molecule has 68 valence electrons. The van der Waals surface area contributed by atoms with Gasteiger partial charge in [-0.15, -0.1) is 11.6 Å². The third-order valence-electron chi connectivity index (χ3n) is 1.80. The molecule has 0 atom stereocenters. The third-order valence-corrected chi connectivity index (χ3v) is 1.97. The Balaban J connectivity index is 2.25. The zero-order valence-corrected chi connectivity index (χ0v) is 7.75. The first-order valence-electron chi connectivity index (χ1n) is 4.02. The van der Waals surface area contributed by atoms with Crippen molar-refractivity contribution in [3.05, 3.63) is 29.8 Å². The largest absolute Gasteiger partial charge is 0.454 e. The number of allylic oxidation sites excluding steroid dienone is 1. The van der Waals surface area contributed by atoms with Gasteiger partial charge in [-0.2, -0.15) is 0 Å². The maximum Gasteiger partial charge on any atom is 0.231 e. The Morgan fingerprint density at radius 1 is 1.31 bits per heavy atom. The zero-order valence-electron chi connectivity index (χ0n) is 7.00. The Kier molecular flexibility index (Phi) is 2.41. The Bertz CT molecular complexity index is 334. The van der Waals surface area contributed by atoms with Crippen LogP contribution in [0.25, 0.3) is 6.08 Å². The number of alkyl halides is 1. The zero-order chi connectivity index (χ0) is 9.10. The van der Waals surface area contributed by atoms with Crippen LogP contribution in [0.1, 0.15) is 5.56 Å². The normalized spacial score (nSPS) is 13.9. The minimum absolute atomic E-state index is 0.317. The van der Waals surface area contributed by atoms with Gasteiger partial charge in [0.05, 0.1) is 0 Å². The summed E-state index contributed by atoms with van der Waals surface area (Å²) in [6, 6.07) is 5.80. The molecule has 2 rings (SSSR count). The van der Waals surface area contributed by atoms with Crippen LogP contribution in [-0.2, 0) is 0 Å². The van der Waals surface area contributed by atoms with E-state index in [1.807, 2.05) is 30.4 Å². The topological polar surface area (TPSA) is 18.5 Å². The Labute approximate surface area is 81.7 Å². The van der Waals surface area contributed by atoms with Crippen LogP contribution in [0.5, 0.6) is 11.5 Å². The molecule has 1 aliphatic heterocycles. The van der Waals surface area contributed by atoms with Crippen LogP contribution in [-0.4, -0.2) is 12.7 Å². The van der Waals surface area contributed by atoms with Crippen LogP contribution in [0.3, 0.4) is 0 Å². The van der Waals surface area contributed by atoms with E-state index >= 15 is 0 Å². The number of benzene rings is 1. The second kappa shape index (κ2) is 3.71. The smallest absolute Gasteiger partial charge is 0.231 e. The Morgan fingerprint density at radius 2 is 2.15 bits per heavy atom. The van der Waals surface area contributed by atoms with Gasteiger partial charge < -0.3 is 9.47 Å². The van der Waals surface area contributed by atoms with Crippen molar-refractivity contribution in [2.75, 3.05) is 12.7 Å². The summed E-state index contributed by atoms with van der Waals surface area (Å²) >= 11 is 5.53. The number of fused-ring (bicyclic) bond motifs is 1. The molecule has 0 unspecified atom stereocenters. The van der Waals surface area contributed by atoms with E-state index < -0.39 is 0 Å². The van der Waals surface area contributed by atoms with Crippen LogP contribution in [0.4, 0.5) is 0 Å². The van der Waals surface area contributed by atoms with Crippen LogP contribution >= 0.6 is 11.6 Å². The molecule has 0 saturated carbocycles. The van der Waals surface area contributed by atoms with Crippen molar-refractivity contribution in [1.29, 1.82) is 0 Å². The number of hydrogen-bond donors (Lipinski definition) is 0. The lowest BCUT2D eigenvalue weighted by atomic mass is 10.2. The number of rotatable bonds is 2. The highest BCUT2D eigenvalue weighted by Gasteiger charge is 2.11. The van der Waals surface area contributed by atoms with Gasteiger partial charge in [0, 0.05) is 5.88 Å². The summed E-state index contributed by atoms with van der Waals surface area (Å²) in [4.78, 5) is 0. The molecule has 0 aromatic heterocycles. The van der Waals surface area contributed by atoms with Crippen molar-refractivity contribution in [1.82, 2.24) is 0 Å². The van der Waals surface area contributed by atoms with Gasteiger partial charge in [0.2, 0.25) is 6.79 Å². The highest BCUT2D eigenvalue weighted by molar-refractivity contribution is 6.19. The van der Waals surface area contributed by atoms with Gasteiger partial charge in [-0.1, -0.05) is 18.2 Å². The summed E-state index contributed by atoms with van der Waals surface area (Å²) in [5.41, 5.74) is 1.07. The van der Waals surface area contributed by atoms with Gasteiger partial charge in [-0.25, -0.2) is 0 Å². The maximum absolute atomic E-state index is 5.53. The molecule has 1 heterocycles. The standard InChI is InChI=1S/C10H9ClO2/c11-5-1-2-8-3-4-9-10(6-8)13-7-12-9/h1-4,6H,5,7H2/b2-1+.